The lowest BCUT2D eigenvalue weighted by Gasteiger charge is -2.17. The van der Waals surface area contributed by atoms with E-state index in [0.29, 0.717) is 19.6 Å². The third-order valence-corrected chi connectivity index (χ3v) is 3.76. The van der Waals surface area contributed by atoms with Gasteiger partial charge in [-0.25, -0.2) is 4.98 Å². The van der Waals surface area contributed by atoms with E-state index >= 15 is 0 Å². The number of rotatable bonds is 9. The molecule has 24 heavy (non-hydrogen) atoms. The smallest absolute Gasteiger partial charge is 0.304 e. The fourth-order valence-electron chi connectivity index (χ4n) is 2.44. The van der Waals surface area contributed by atoms with Crippen LogP contribution in [0.4, 0.5) is 5.82 Å². The number of carbonyl (C=O) groups is 1. The van der Waals surface area contributed by atoms with Crippen molar-refractivity contribution in [1.82, 2.24) is 10.3 Å². The van der Waals surface area contributed by atoms with Crippen molar-refractivity contribution in [3.8, 4) is 0 Å². The van der Waals surface area contributed by atoms with Gasteiger partial charge in [-0.1, -0.05) is 6.07 Å². The normalized spacial score (nSPS) is 14.4. The zero-order valence-corrected chi connectivity index (χ0v) is 13.8. The van der Waals surface area contributed by atoms with Gasteiger partial charge in [-0.15, -0.1) is 0 Å². The van der Waals surface area contributed by atoms with Gasteiger partial charge in [0.15, 0.2) is 0 Å². The van der Waals surface area contributed by atoms with Crippen molar-refractivity contribution >= 4 is 18.0 Å². The maximum absolute atomic E-state index is 10.4. The molecule has 0 bridgehead atoms. The molecule has 7 heteroatoms. The van der Waals surface area contributed by atoms with Gasteiger partial charge in [0.25, 0.3) is 0 Å². The molecule has 2 rings (SSSR count). The van der Waals surface area contributed by atoms with E-state index in [-0.39, 0.29) is 6.42 Å². The fraction of sp³-hybridized carbons (Fsp3) is 0.471. The first-order valence-corrected chi connectivity index (χ1v) is 8.25. The first-order valence-electron chi connectivity index (χ1n) is 8.25. The Labute approximate surface area is 142 Å². The van der Waals surface area contributed by atoms with Crippen molar-refractivity contribution in [2.24, 2.45) is 10.7 Å². The lowest BCUT2D eigenvalue weighted by molar-refractivity contribution is -0.136. The molecule has 7 nitrogen and oxygen atoms in total. The number of nitrogens with one attached hydrogen (secondary N) is 2. The topological polar surface area (TPSA) is 113 Å². The molecule has 0 fully saturated rings. The predicted octanol–water partition coefficient (Wildman–Crippen LogP) is 0.960. The van der Waals surface area contributed by atoms with E-state index in [4.69, 9.17) is 10.8 Å². The summed E-state index contributed by atoms with van der Waals surface area (Å²) in [6.45, 7) is 2.54. The number of aliphatic imine (C=N–C) groups is 1. The maximum atomic E-state index is 10.4. The summed E-state index contributed by atoms with van der Waals surface area (Å²) in [5.41, 5.74) is 8.70. The fourth-order valence-corrected chi connectivity index (χ4v) is 2.44. The molecular weight excluding hydrogens is 306 g/mol. The third-order valence-electron chi connectivity index (χ3n) is 3.76. The summed E-state index contributed by atoms with van der Waals surface area (Å²) in [5, 5.41) is 14.9. The molecule has 0 unspecified atom stereocenters. The van der Waals surface area contributed by atoms with Crippen molar-refractivity contribution < 1.29 is 9.90 Å². The van der Waals surface area contributed by atoms with Crippen molar-refractivity contribution in [3.05, 3.63) is 35.2 Å². The molecule has 5 N–H and O–H groups in total. The van der Waals surface area contributed by atoms with E-state index in [9.17, 15) is 4.79 Å². The number of aliphatic carboxylic acids is 1. The standard InChI is InChI=1S/C17H25N5O2/c18-10-13(12-20-9-6-16(23)24)11-19-8-5-15-4-3-14-2-1-7-21-17(14)22-15/h3-4,10-11,20H,1-2,5-9,12,18H2,(H,21,22)(H,23,24). The lowest BCUT2D eigenvalue weighted by atomic mass is 10.1. The van der Waals surface area contributed by atoms with Gasteiger partial charge in [-0.3, -0.25) is 9.79 Å². The molecule has 0 aliphatic carbocycles. The Hall–Kier alpha value is -2.41. The second kappa shape index (κ2) is 9.67. The van der Waals surface area contributed by atoms with Crippen LogP contribution in [0.25, 0.3) is 0 Å². The monoisotopic (exact) mass is 331 g/mol. The molecule has 2 heterocycles. The van der Waals surface area contributed by atoms with Gasteiger partial charge in [0.2, 0.25) is 0 Å². The molecule has 130 valence electrons. The van der Waals surface area contributed by atoms with Gasteiger partial charge in [-0.05, 0) is 36.2 Å². The van der Waals surface area contributed by atoms with Crippen LogP contribution in [-0.4, -0.2) is 48.5 Å². The number of aromatic nitrogens is 1. The molecule has 1 aromatic rings. The van der Waals surface area contributed by atoms with Crippen LogP contribution >= 0.6 is 0 Å². The van der Waals surface area contributed by atoms with Gasteiger partial charge in [0.05, 0.1) is 6.42 Å². The molecule has 0 amide bonds. The molecule has 0 spiro atoms. The molecule has 0 radical (unpaired) electrons. The van der Waals surface area contributed by atoms with Crippen LogP contribution in [0.2, 0.25) is 0 Å². The molecule has 0 atom stereocenters. The van der Waals surface area contributed by atoms with Crippen LogP contribution < -0.4 is 16.4 Å². The van der Waals surface area contributed by atoms with Crippen molar-refractivity contribution in [1.29, 1.82) is 0 Å². The highest BCUT2D eigenvalue weighted by Crippen LogP contribution is 2.19. The van der Waals surface area contributed by atoms with Crippen LogP contribution in [0.15, 0.2) is 28.9 Å². The number of hydrogen-bond donors (Lipinski definition) is 4. The highest BCUT2D eigenvalue weighted by atomic mass is 16.4. The minimum atomic E-state index is -0.818. The third kappa shape index (κ3) is 6.00. The van der Waals surface area contributed by atoms with E-state index in [1.165, 1.54) is 11.8 Å². The number of anilines is 1. The summed E-state index contributed by atoms with van der Waals surface area (Å²) in [6, 6.07) is 4.21. The Balaban J connectivity index is 1.73. The second-order valence-electron chi connectivity index (χ2n) is 5.69. The molecule has 1 aromatic heterocycles. The highest BCUT2D eigenvalue weighted by Gasteiger charge is 2.09. The first kappa shape index (κ1) is 17.9. The summed E-state index contributed by atoms with van der Waals surface area (Å²) in [4.78, 5) is 19.4. The molecule has 1 aliphatic heterocycles. The Kier molecular flexibility index (Phi) is 7.22. The SMILES string of the molecule is NC=C(C=NCCc1ccc2c(n1)NCCC2)CNCCC(=O)O. The number of nitrogens with two attached hydrogens (primary N) is 1. The van der Waals surface area contributed by atoms with Crippen LogP contribution in [0.5, 0.6) is 0 Å². The Morgan fingerprint density at radius 3 is 3.17 bits per heavy atom. The van der Waals surface area contributed by atoms with E-state index in [2.05, 4.69) is 32.7 Å². The summed E-state index contributed by atoms with van der Waals surface area (Å²) in [6.07, 6.45) is 6.33. The van der Waals surface area contributed by atoms with E-state index in [0.717, 1.165) is 42.9 Å². The molecule has 0 saturated heterocycles. The van der Waals surface area contributed by atoms with Gasteiger partial charge >= 0.3 is 5.97 Å². The number of aryl methyl sites for hydroxylation is 1. The van der Waals surface area contributed by atoms with Gasteiger partial charge in [-0.2, -0.15) is 0 Å². The summed E-state index contributed by atoms with van der Waals surface area (Å²) >= 11 is 0. The van der Waals surface area contributed by atoms with Gasteiger partial charge < -0.3 is 21.5 Å². The van der Waals surface area contributed by atoms with E-state index in [1.807, 2.05) is 0 Å². The van der Waals surface area contributed by atoms with E-state index < -0.39 is 5.97 Å². The van der Waals surface area contributed by atoms with Gasteiger partial charge in [0, 0.05) is 44.5 Å². The summed E-state index contributed by atoms with van der Waals surface area (Å²) < 4.78 is 0. The van der Waals surface area contributed by atoms with Crippen LogP contribution in [0.1, 0.15) is 24.1 Å². The largest absolute Gasteiger partial charge is 0.481 e. The number of fused-ring (bicyclic) bond motifs is 1. The van der Waals surface area contributed by atoms with E-state index in [1.54, 1.807) is 6.21 Å². The number of carboxylic acids is 1. The number of pyridine rings is 1. The molecule has 0 aromatic carbocycles. The summed E-state index contributed by atoms with van der Waals surface area (Å²) in [5.74, 6) is 0.189. The van der Waals surface area contributed by atoms with Crippen LogP contribution in [0.3, 0.4) is 0 Å². The summed E-state index contributed by atoms with van der Waals surface area (Å²) in [7, 11) is 0. The van der Waals surface area contributed by atoms with Crippen molar-refractivity contribution in [2.75, 3.05) is 31.5 Å². The quantitative estimate of drug-likeness (QED) is 0.396. The lowest BCUT2D eigenvalue weighted by Crippen LogP contribution is -2.21. The zero-order chi connectivity index (χ0) is 17.2. The average molecular weight is 331 g/mol. The van der Waals surface area contributed by atoms with Crippen LogP contribution in [-0.2, 0) is 17.6 Å². The zero-order valence-electron chi connectivity index (χ0n) is 13.8. The Bertz CT molecular complexity index is 613. The molecular formula is C17H25N5O2. The maximum Gasteiger partial charge on any atom is 0.304 e. The van der Waals surface area contributed by atoms with Gasteiger partial charge in [0.1, 0.15) is 5.82 Å². The minimum absolute atomic E-state index is 0.0903. The van der Waals surface area contributed by atoms with Crippen molar-refractivity contribution in [2.45, 2.75) is 25.7 Å². The minimum Gasteiger partial charge on any atom is -0.481 e. The average Bonchev–Trinajstić information content (AvgIpc) is 2.60. The van der Waals surface area contributed by atoms with Crippen LogP contribution in [0, 0.1) is 0 Å². The predicted molar refractivity (Wildman–Crippen MR) is 95.5 cm³/mol. The first-order chi connectivity index (χ1) is 11.7. The number of carboxylic acid groups (broad SMARTS) is 1. The Morgan fingerprint density at radius 2 is 2.38 bits per heavy atom. The van der Waals surface area contributed by atoms with Crippen molar-refractivity contribution in [3.63, 3.8) is 0 Å². The molecule has 0 saturated carbocycles. The highest BCUT2D eigenvalue weighted by molar-refractivity contribution is 5.78. The second-order valence-corrected chi connectivity index (χ2v) is 5.69. The number of nitrogens with zero attached hydrogens (tertiary/aromatic N) is 2. The number of hydrogen-bond acceptors (Lipinski definition) is 6. The Morgan fingerprint density at radius 1 is 1.50 bits per heavy atom. The molecule has 1 aliphatic rings.